The molecule has 2 heteroatoms. The van der Waals surface area contributed by atoms with Gasteiger partial charge in [-0.3, -0.25) is 4.98 Å². The highest BCUT2D eigenvalue weighted by molar-refractivity contribution is 5.59. The van der Waals surface area contributed by atoms with Crippen LogP contribution >= 0.6 is 0 Å². The summed E-state index contributed by atoms with van der Waals surface area (Å²) < 4.78 is 5.88. The first-order valence-electron chi connectivity index (χ1n) is 5.81. The first-order valence-corrected chi connectivity index (χ1v) is 5.81. The van der Waals surface area contributed by atoms with Crippen molar-refractivity contribution in [2.75, 3.05) is 0 Å². The number of hydrogen-bond acceptors (Lipinski definition) is 2. The van der Waals surface area contributed by atoms with Crippen LogP contribution in [0.4, 0.5) is 0 Å². The molecule has 0 fully saturated rings. The molecule has 0 spiro atoms. The summed E-state index contributed by atoms with van der Waals surface area (Å²) in [4.78, 5) is 4.35. The van der Waals surface area contributed by atoms with Crippen LogP contribution in [0.5, 0.6) is 0 Å². The number of nitrogens with zero attached hydrogens (tertiary/aromatic N) is 1. The van der Waals surface area contributed by atoms with E-state index in [2.05, 4.69) is 25.8 Å². The molecule has 0 saturated carbocycles. The van der Waals surface area contributed by atoms with Crippen molar-refractivity contribution in [2.24, 2.45) is 5.92 Å². The van der Waals surface area contributed by atoms with Crippen molar-refractivity contribution in [2.45, 2.75) is 40.7 Å². The minimum absolute atomic E-state index is 0.172. The Bertz CT molecular complexity index is 352. The quantitative estimate of drug-likeness (QED) is 0.717. The van der Waals surface area contributed by atoms with Crippen LogP contribution in [0.1, 0.15) is 40.3 Å². The van der Waals surface area contributed by atoms with Gasteiger partial charge in [-0.1, -0.05) is 19.9 Å². The SMILES string of the molecule is C/C(=C(/OC(C)C)c1ccccn1)C(C)C. The molecule has 0 bridgehead atoms. The molecule has 0 radical (unpaired) electrons. The van der Waals surface area contributed by atoms with E-state index in [0.717, 1.165) is 11.5 Å². The van der Waals surface area contributed by atoms with Crippen LogP contribution in [0.25, 0.3) is 5.76 Å². The lowest BCUT2D eigenvalue weighted by atomic mass is 10.0. The van der Waals surface area contributed by atoms with E-state index in [1.165, 1.54) is 5.57 Å². The Morgan fingerprint density at radius 3 is 2.31 bits per heavy atom. The van der Waals surface area contributed by atoms with Gasteiger partial charge >= 0.3 is 0 Å². The number of aromatic nitrogens is 1. The van der Waals surface area contributed by atoms with Crippen molar-refractivity contribution in [1.82, 2.24) is 4.98 Å². The Balaban J connectivity index is 3.11. The average molecular weight is 219 g/mol. The second-order valence-corrected chi connectivity index (χ2v) is 4.55. The van der Waals surface area contributed by atoms with Gasteiger partial charge in [0.15, 0.2) is 0 Å². The maximum Gasteiger partial charge on any atom is 0.144 e. The molecule has 2 nitrogen and oxygen atoms in total. The molecule has 1 heterocycles. The fraction of sp³-hybridized carbons (Fsp3) is 0.500. The highest BCUT2D eigenvalue weighted by atomic mass is 16.5. The molecule has 0 aliphatic carbocycles. The number of rotatable bonds is 4. The zero-order valence-corrected chi connectivity index (χ0v) is 10.8. The van der Waals surface area contributed by atoms with Gasteiger partial charge in [-0.15, -0.1) is 0 Å². The van der Waals surface area contributed by atoms with Gasteiger partial charge in [0.2, 0.25) is 0 Å². The standard InChI is InChI=1S/C14H21NO/c1-10(2)12(5)14(16-11(3)4)13-8-6-7-9-15-13/h6-11H,1-5H3/b14-12-. The topological polar surface area (TPSA) is 22.1 Å². The highest BCUT2D eigenvalue weighted by Gasteiger charge is 2.12. The third-order valence-corrected chi connectivity index (χ3v) is 2.48. The van der Waals surface area contributed by atoms with E-state index < -0.39 is 0 Å². The predicted molar refractivity (Wildman–Crippen MR) is 67.9 cm³/mol. The van der Waals surface area contributed by atoms with Crippen LogP contribution in [-0.2, 0) is 4.74 Å². The van der Waals surface area contributed by atoms with E-state index in [1.807, 2.05) is 32.0 Å². The molecule has 0 saturated heterocycles. The maximum absolute atomic E-state index is 5.88. The number of allylic oxidation sites excluding steroid dienone is 1. The molecule has 0 aliphatic rings. The van der Waals surface area contributed by atoms with Crippen molar-refractivity contribution >= 4 is 5.76 Å². The third-order valence-electron chi connectivity index (χ3n) is 2.48. The third kappa shape index (κ3) is 3.37. The Morgan fingerprint density at radius 1 is 1.19 bits per heavy atom. The van der Waals surface area contributed by atoms with Gasteiger partial charge < -0.3 is 4.74 Å². The molecule has 0 aliphatic heterocycles. The van der Waals surface area contributed by atoms with Gasteiger partial charge in [0.1, 0.15) is 11.5 Å². The second-order valence-electron chi connectivity index (χ2n) is 4.55. The van der Waals surface area contributed by atoms with E-state index in [9.17, 15) is 0 Å². The van der Waals surface area contributed by atoms with Gasteiger partial charge in [-0.2, -0.15) is 0 Å². The lowest BCUT2D eigenvalue weighted by molar-refractivity contribution is 0.200. The van der Waals surface area contributed by atoms with Gasteiger partial charge in [-0.05, 0) is 44.4 Å². The minimum Gasteiger partial charge on any atom is -0.489 e. The van der Waals surface area contributed by atoms with Crippen molar-refractivity contribution in [3.05, 3.63) is 35.7 Å². The molecule has 0 atom stereocenters. The molecule has 0 amide bonds. The summed E-state index contributed by atoms with van der Waals surface area (Å²) in [5, 5.41) is 0. The zero-order chi connectivity index (χ0) is 12.1. The van der Waals surface area contributed by atoms with Crippen LogP contribution in [0, 0.1) is 5.92 Å². The fourth-order valence-corrected chi connectivity index (χ4v) is 1.35. The van der Waals surface area contributed by atoms with Crippen LogP contribution < -0.4 is 0 Å². The summed E-state index contributed by atoms with van der Waals surface area (Å²) in [7, 11) is 0. The molecule has 1 aromatic rings. The summed E-state index contributed by atoms with van der Waals surface area (Å²) >= 11 is 0. The van der Waals surface area contributed by atoms with Crippen LogP contribution in [0.2, 0.25) is 0 Å². The Kier molecular flexibility index (Phi) is 4.53. The number of ether oxygens (including phenoxy) is 1. The van der Waals surface area contributed by atoms with Crippen LogP contribution in [0.15, 0.2) is 30.0 Å². The van der Waals surface area contributed by atoms with E-state index in [-0.39, 0.29) is 6.10 Å². The van der Waals surface area contributed by atoms with Crippen molar-refractivity contribution < 1.29 is 4.74 Å². The van der Waals surface area contributed by atoms with Gasteiger partial charge in [0, 0.05) is 6.20 Å². The Hall–Kier alpha value is -1.31. The van der Waals surface area contributed by atoms with E-state index in [4.69, 9.17) is 4.74 Å². The normalized spacial score (nSPS) is 12.9. The predicted octanol–water partition coefficient (Wildman–Crippen LogP) is 3.89. The Morgan fingerprint density at radius 2 is 1.88 bits per heavy atom. The molecule has 16 heavy (non-hydrogen) atoms. The zero-order valence-electron chi connectivity index (χ0n) is 10.8. The summed E-state index contributed by atoms with van der Waals surface area (Å²) in [6, 6.07) is 5.89. The molecular weight excluding hydrogens is 198 g/mol. The largest absolute Gasteiger partial charge is 0.489 e. The molecule has 88 valence electrons. The lowest BCUT2D eigenvalue weighted by Gasteiger charge is -2.18. The Labute approximate surface area is 98.4 Å². The van der Waals surface area contributed by atoms with Crippen molar-refractivity contribution in [3.63, 3.8) is 0 Å². The van der Waals surface area contributed by atoms with Gasteiger partial charge in [-0.25, -0.2) is 0 Å². The minimum atomic E-state index is 0.172. The summed E-state index contributed by atoms with van der Waals surface area (Å²) in [6.07, 6.45) is 1.97. The second kappa shape index (κ2) is 5.69. The molecule has 1 rings (SSSR count). The van der Waals surface area contributed by atoms with Crippen LogP contribution in [-0.4, -0.2) is 11.1 Å². The number of hydrogen-bond donors (Lipinski definition) is 0. The summed E-state index contributed by atoms with van der Waals surface area (Å²) in [6.45, 7) is 10.5. The molecular formula is C14H21NO. The smallest absolute Gasteiger partial charge is 0.144 e. The van der Waals surface area contributed by atoms with Gasteiger partial charge in [0.25, 0.3) is 0 Å². The fourth-order valence-electron chi connectivity index (χ4n) is 1.35. The van der Waals surface area contributed by atoms with Crippen molar-refractivity contribution in [1.29, 1.82) is 0 Å². The number of pyridine rings is 1. The van der Waals surface area contributed by atoms with E-state index in [0.29, 0.717) is 5.92 Å². The molecule has 0 unspecified atom stereocenters. The first-order chi connectivity index (χ1) is 7.52. The monoisotopic (exact) mass is 219 g/mol. The molecule has 1 aromatic heterocycles. The molecule has 0 aromatic carbocycles. The lowest BCUT2D eigenvalue weighted by Crippen LogP contribution is -2.07. The average Bonchev–Trinajstić information content (AvgIpc) is 2.26. The first kappa shape index (κ1) is 12.8. The van der Waals surface area contributed by atoms with E-state index in [1.54, 1.807) is 6.20 Å². The highest BCUT2D eigenvalue weighted by Crippen LogP contribution is 2.24. The van der Waals surface area contributed by atoms with Crippen LogP contribution in [0.3, 0.4) is 0 Å². The molecule has 0 N–H and O–H groups in total. The summed E-state index contributed by atoms with van der Waals surface area (Å²) in [5.41, 5.74) is 2.16. The van der Waals surface area contributed by atoms with Gasteiger partial charge in [0.05, 0.1) is 6.10 Å². The van der Waals surface area contributed by atoms with Crippen molar-refractivity contribution in [3.8, 4) is 0 Å². The maximum atomic E-state index is 5.88. The van der Waals surface area contributed by atoms with E-state index >= 15 is 0 Å². The summed E-state index contributed by atoms with van der Waals surface area (Å²) in [5.74, 6) is 1.39.